The summed E-state index contributed by atoms with van der Waals surface area (Å²) in [6.07, 6.45) is 0. The van der Waals surface area contributed by atoms with Gasteiger partial charge in [0, 0.05) is 10.6 Å². The van der Waals surface area contributed by atoms with Crippen LogP contribution in [0.4, 0.5) is 10.5 Å². The zero-order valence-corrected chi connectivity index (χ0v) is 12.3. The Morgan fingerprint density at radius 1 is 1.21 bits per heavy atom. The van der Waals surface area contributed by atoms with Crippen molar-refractivity contribution in [3.63, 3.8) is 0 Å². The maximum absolute atomic E-state index is 12.3. The van der Waals surface area contributed by atoms with E-state index < -0.39 is 0 Å². The molecule has 0 aliphatic carbocycles. The minimum absolute atomic E-state index is 0.105. The Morgan fingerprint density at radius 3 is 2.32 bits per heavy atom. The predicted molar refractivity (Wildman–Crippen MR) is 75.5 cm³/mol. The molecule has 1 aliphatic rings. The number of benzene rings is 1. The lowest BCUT2D eigenvalue weighted by Gasteiger charge is -2.30. The summed E-state index contributed by atoms with van der Waals surface area (Å²) in [7, 11) is 0. The van der Waals surface area contributed by atoms with Crippen LogP contribution in [-0.2, 0) is 4.79 Å². The monoisotopic (exact) mass is 280 g/mol. The van der Waals surface area contributed by atoms with Crippen LogP contribution in [0.3, 0.4) is 0 Å². The van der Waals surface area contributed by atoms with Crippen LogP contribution in [0.2, 0.25) is 5.02 Å². The molecule has 3 amide bonds. The number of rotatable bonds is 1. The molecule has 0 aromatic heterocycles. The molecule has 1 aromatic carbocycles. The zero-order chi connectivity index (χ0) is 14.4. The quantitative estimate of drug-likeness (QED) is 0.741. The summed E-state index contributed by atoms with van der Waals surface area (Å²) in [6.45, 7) is 7.70. The predicted octanol–water partition coefficient (Wildman–Crippen LogP) is 3.22. The van der Waals surface area contributed by atoms with Crippen LogP contribution in [0.15, 0.2) is 18.2 Å². The standard InChI is InChI=1S/C14H17ClN2O2/c1-9-5-6-10(7-11(9)15)17-12(18)8-16(13(17)19)14(2,3)4/h5-7H,8H2,1-4H3. The fraction of sp³-hybridized carbons (Fsp3) is 0.429. The summed E-state index contributed by atoms with van der Waals surface area (Å²) in [4.78, 5) is 27.2. The van der Waals surface area contributed by atoms with E-state index in [9.17, 15) is 9.59 Å². The Bertz CT molecular complexity index is 549. The van der Waals surface area contributed by atoms with Gasteiger partial charge in [0.2, 0.25) is 0 Å². The molecule has 0 spiro atoms. The van der Waals surface area contributed by atoms with Gasteiger partial charge in [-0.25, -0.2) is 9.69 Å². The van der Waals surface area contributed by atoms with Gasteiger partial charge in [0.05, 0.1) is 5.69 Å². The first-order valence-corrected chi connectivity index (χ1v) is 6.50. The average molecular weight is 281 g/mol. The molecule has 0 bridgehead atoms. The number of halogens is 1. The molecule has 0 radical (unpaired) electrons. The number of carbonyl (C=O) groups excluding carboxylic acids is 2. The molecule has 2 rings (SSSR count). The first-order chi connectivity index (χ1) is 8.71. The highest BCUT2D eigenvalue weighted by Crippen LogP contribution is 2.29. The van der Waals surface area contributed by atoms with E-state index in [0.717, 1.165) is 5.56 Å². The number of anilines is 1. The summed E-state index contributed by atoms with van der Waals surface area (Å²) >= 11 is 6.05. The molecule has 0 saturated carbocycles. The van der Waals surface area contributed by atoms with Crippen LogP contribution in [0.25, 0.3) is 0 Å². The Balaban J connectivity index is 2.38. The van der Waals surface area contributed by atoms with E-state index in [4.69, 9.17) is 11.6 Å². The minimum atomic E-state index is -0.379. The van der Waals surface area contributed by atoms with Crippen molar-refractivity contribution in [3.05, 3.63) is 28.8 Å². The summed E-state index contributed by atoms with van der Waals surface area (Å²) in [6, 6.07) is 4.90. The molecule has 0 N–H and O–H groups in total. The first kappa shape index (κ1) is 13.9. The van der Waals surface area contributed by atoms with Crippen molar-refractivity contribution in [2.24, 2.45) is 0 Å². The molecule has 102 valence electrons. The van der Waals surface area contributed by atoms with E-state index in [2.05, 4.69) is 0 Å². The third-order valence-corrected chi connectivity index (χ3v) is 3.60. The van der Waals surface area contributed by atoms with Crippen molar-refractivity contribution in [2.45, 2.75) is 33.2 Å². The van der Waals surface area contributed by atoms with Gasteiger partial charge in [-0.2, -0.15) is 0 Å². The fourth-order valence-electron chi connectivity index (χ4n) is 2.00. The van der Waals surface area contributed by atoms with E-state index in [0.29, 0.717) is 10.7 Å². The lowest BCUT2D eigenvalue weighted by atomic mass is 10.1. The number of imide groups is 1. The van der Waals surface area contributed by atoms with Crippen LogP contribution < -0.4 is 4.90 Å². The maximum Gasteiger partial charge on any atom is 0.332 e. The summed E-state index contributed by atoms with van der Waals surface area (Å²) < 4.78 is 0. The van der Waals surface area contributed by atoms with Crippen molar-refractivity contribution in [2.75, 3.05) is 11.4 Å². The van der Waals surface area contributed by atoms with Crippen molar-refractivity contribution >= 4 is 29.2 Å². The van der Waals surface area contributed by atoms with Crippen molar-refractivity contribution in [1.29, 1.82) is 0 Å². The molecule has 1 fully saturated rings. The molecule has 4 nitrogen and oxygen atoms in total. The first-order valence-electron chi connectivity index (χ1n) is 6.12. The summed E-state index contributed by atoms with van der Waals surface area (Å²) in [5.41, 5.74) is 1.06. The van der Waals surface area contributed by atoms with Gasteiger partial charge in [0.15, 0.2) is 0 Å². The number of nitrogens with zero attached hydrogens (tertiary/aromatic N) is 2. The van der Waals surface area contributed by atoms with Gasteiger partial charge in [-0.3, -0.25) is 4.79 Å². The number of amides is 3. The molecular formula is C14H17ClN2O2. The molecule has 0 atom stereocenters. The second-order valence-corrected chi connectivity index (χ2v) is 6.11. The average Bonchev–Trinajstić information content (AvgIpc) is 2.58. The topological polar surface area (TPSA) is 40.6 Å². The van der Waals surface area contributed by atoms with Gasteiger partial charge in [-0.1, -0.05) is 17.7 Å². The number of urea groups is 1. The third-order valence-electron chi connectivity index (χ3n) is 3.19. The van der Waals surface area contributed by atoms with Gasteiger partial charge in [0.1, 0.15) is 6.54 Å². The number of hydrogen-bond donors (Lipinski definition) is 0. The van der Waals surface area contributed by atoms with Crippen molar-refractivity contribution in [3.8, 4) is 0 Å². The van der Waals surface area contributed by atoms with Crippen molar-refractivity contribution < 1.29 is 9.59 Å². The number of carbonyl (C=O) groups is 2. The lowest BCUT2D eigenvalue weighted by Crippen LogP contribution is -2.44. The fourth-order valence-corrected chi connectivity index (χ4v) is 2.18. The van der Waals surface area contributed by atoms with Crippen LogP contribution in [0, 0.1) is 6.92 Å². The van der Waals surface area contributed by atoms with E-state index in [1.54, 1.807) is 23.1 Å². The second kappa shape index (κ2) is 4.53. The summed E-state index contributed by atoms with van der Waals surface area (Å²) in [5, 5.41) is 0.548. The van der Waals surface area contributed by atoms with Gasteiger partial charge in [-0.05, 0) is 45.4 Å². The Labute approximate surface area is 117 Å². The minimum Gasteiger partial charge on any atom is -0.310 e. The Hall–Kier alpha value is -1.55. The molecule has 5 heteroatoms. The Kier molecular flexibility index (Phi) is 3.31. The highest BCUT2D eigenvalue weighted by molar-refractivity contribution is 6.32. The summed E-state index contributed by atoms with van der Waals surface area (Å²) in [5.74, 6) is -0.222. The molecule has 1 aromatic rings. The van der Waals surface area contributed by atoms with E-state index in [-0.39, 0.29) is 24.0 Å². The van der Waals surface area contributed by atoms with E-state index >= 15 is 0 Å². The lowest BCUT2D eigenvalue weighted by molar-refractivity contribution is -0.117. The second-order valence-electron chi connectivity index (χ2n) is 5.70. The molecule has 1 saturated heterocycles. The molecule has 1 heterocycles. The van der Waals surface area contributed by atoms with Crippen LogP contribution in [0.1, 0.15) is 26.3 Å². The zero-order valence-electron chi connectivity index (χ0n) is 11.5. The van der Waals surface area contributed by atoms with Crippen LogP contribution in [-0.4, -0.2) is 28.9 Å². The van der Waals surface area contributed by atoms with Gasteiger partial charge in [0.25, 0.3) is 5.91 Å². The number of aryl methyl sites for hydroxylation is 1. The molecule has 1 aliphatic heterocycles. The van der Waals surface area contributed by atoms with Gasteiger partial charge >= 0.3 is 6.03 Å². The highest BCUT2D eigenvalue weighted by atomic mass is 35.5. The largest absolute Gasteiger partial charge is 0.332 e. The number of hydrogen-bond acceptors (Lipinski definition) is 2. The molecular weight excluding hydrogens is 264 g/mol. The van der Waals surface area contributed by atoms with Gasteiger partial charge < -0.3 is 4.90 Å². The van der Waals surface area contributed by atoms with Crippen LogP contribution in [0.5, 0.6) is 0 Å². The van der Waals surface area contributed by atoms with Crippen LogP contribution >= 0.6 is 11.6 Å². The Morgan fingerprint density at radius 2 is 1.84 bits per heavy atom. The van der Waals surface area contributed by atoms with E-state index in [1.165, 1.54) is 4.90 Å². The smallest absolute Gasteiger partial charge is 0.310 e. The third kappa shape index (κ3) is 2.45. The normalized spacial score (nSPS) is 16.5. The molecule has 19 heavy (non-hydrogen) atoms. The SMILES string of the molecule is Cc1ccc(N2C(=O)CN(C(C)(C)C)C2=O)cc1Cl. The highest BCUT2D eigenvalue weighted by Gasteiger charge is 2.42. The van der Waals surface area contributed by atoms with Gasteiger partial charge in [-0.15, -0.1) is 0 Å². The molecule has 0 unspecified atom stereocenters. The maximum atomic E-state index is 12.3. The van der Waals surface area contributed by atoms with Crippen molar-refractivity contribution in [1.82, 2.24) is 4.90 Å². The van der Waals surface area contributed by atoms with E-state index in [1.807, 2.05) is 27.7 Å².